The molecule has 1 aliphatic heterocycles. The van der Waals surface area contributed by atoms with E-state index in [4.69, 9.17) is 14.2 Å². The van der Waals surface area contributed by atoms with Crippen LogP contribution in [0.25, 0.3) is 0 Å². The van der Waals surface area contributed by atoms with Crippen LogP contribution in [0, 0.1) is 6.92 Å². The van der Waals surface area contributed by atoms with Crippen molar-refractivity contribution in [2.24, 2.45) is 0 Å². The maximum atomic E-state index is 12.6. The van der Waals surface area contributed by atoms with Crippen LogP contribution in [0.2, 0.25) is 0 Å². The first-order chi connectivity index (χ1) is 13.3. The topological polar surface area (TPSA) is 56.8 Å². The third-order valence-corrected chi connectivity index (χ3v) is 5.05. The minimum atomic E-state index is -0.317. The van der Waals surface area contributed by atoms with Gasteiger partial charge in [-0.25, -0.2) is 0 Å². The Kier molecular flexibility index (Phi) is 5.82. The Morgan fingerprint density at radius 2 is 1.89 bits per heavy atom. The number of aryl methyl sites for hydroxylation is 2. The fraction of sp³-hybridized carbons (Fsp3) is 0.435. The molecular weight excluding hydrogens is 354 g/mol. The van der Waals surface area contributed by atoms with Gasteiger partial charge in [0.25, 0.3) is 0 Å². The smallest absolute Gasteiger partial charge is 0.220 e. The molecule has 0 spiro atoms. The van der Waals surface area contributed by atoms with Gasteiger partial charge in [-0.3, -0.25) is 4.79 Å². The molecule has 2 aromatic carbocycles. The number of carbonyl (C=O) groups excluding carboxylic acids is 1. The molecule has 1 amide bonds. The Morgan fingerprint density at radius 3 is 2.61 bits per heavy atom. The van der Waals surface area contributed by atoms with Crippen LogP contribution in [0.5, 0.6) is 17.2 Å². The summed E-state index contributed by atoms with van der Waals surface area (Å²) in [5, 5.41) is 3.20. The van der Waals surface area contributed by atoms with Crippen LogP contribution in [0.15, 0.2) is 36.4 Å². The summed E-state index contributed by atoms with van der Waals surface area (Å²) in [6.07, 6.45) is 1.79. The highest BCUT2D eigenvalue weighted by Gasteiger charge is 2.34. The number of amides is 1. The number of methoxy groups -OCH3 is 2. The zero-order chi connectivity index (χ0) is 20.3. The molecule has 1 heterocycles. The molecule has 0 bridgehead atoms. The Labute approximate surface area is 167 Å². The van der Waals surface area contributed by atoms with Crippen molar-refractivity contribution in [2.45, 2.75) is 51.7 Å². The fourth-order valence-corrected chi connectivity index (χ4v) is 3.65. The third-order valence-electron chi connectivity index (χ3n) is 5.05. The van der Waals surface area contributed by atoms with E-state index in [1.54, 1.807) is 14.2 Å². The number of benzene rings is 2. The molecule has 150 valence electrons. The Hall–Kier alpha value is -2.69. The molecule has 0 radical (unpaired) electrons. The maximum Gasteiger partial charge on any atom is 0.220 e. The second-order valence-electron chi connectivity index (χ2n) is 7.92. The number of ether oxygens (including phenoxy) is 3. The van der Waals surface area contributed by atoms with Gasteiger partial charge in [-0.2, -0.15) is 0 Å². The van der Waals surface area contributed by atoms with Crippen LogP contribution in [0.3, 0.4) is 0 Å². The molecular formula is C23H29NO4. The van der Waals surface area contributed by atoms with Gasteiger partial charge in [0, 0.05) is 18.4 Å². The summed E-state index contributed by atoms with van der Waals surface area (Å²) in [5.41, 5.74) is 2.91. The van der Waals surface area contributed by atoms with Crippen molar-refractivity contribution in [1.82, 2.24) is 5.32 Å². The highest BCUT2D eigenvalue weighted by atomic mass is 16.5. The standard InChI is InChI=1S/C23H29NO4/c1-15-6-9-17-18(14-23(2,3)28-20(17)12-15)24-22(25)11-8-16-7-10-19(26-4)21(13-16)27-5/h6-7,9-10,12-13,18H,8,11,14H2,1-5H3,(H,24,25)/t18-/m1/s1. The van der Waals surface area contributed by atoms with Crippen LogP contribution in [0.4, 0.5) is 0 Å². The summed E-state index contributed by atoms with van der Waals surface area (Å²) < 4.78 is 16.7. The molecule has 3 rings (SSSR count). The lowest BCUT2D eigenvalue weighted by atomic mass is 9.89. The van der Waals surface area contributed by atoms with E-state index < -0.39 is 0 Å². The number of nitrogens with one attached hydrogen (secondary N) is 1. The van der Waals surface area contributed by atoms with Crippen molar-refractivity contribution in [3.63, 3.8) is 0 Å². The molecule has 5 heteroatoms. The molecule has 1 aliphatic rings. The van der Waals surface area contributed by atoms with Crippen molar-refractivity contribution >= 4 is 5.91 Å². The second kappa shape index (κ2) is 8.13. The number of rotatable bonds is 6. The highest BCUT2D eigenvalue weighted by Crippen LogP contribution is 2.40. The van der Waals surface area contributed by atoms with Crippen LogP contribution in [-0.2, 0) is 11.2 Å². The molecule has 0 fully saturated rings. The summed E-state index contributed by atoms with van der Waals surface area (Å²) in [6.45, 7) is 6.16. The van der Waals surface area contributed by atoms with E-state index in [2.05, 4.69) is 31.3 Å². The minimum absolute atomic E-state index is 0.0315. The highest BCUT2D eigenvalue weighted by molar-refractivity contribution is 5.77. The van der Waals surface area contributed by atoms with Crippen molar-refractivity contribution in [3.05, 3.63) is 53.1 Å². The van der Waals surface area contributed by atoms with Crippen molar-refractivity contribution in [2.75, 3.05) is 14.2 Å². The molecule has 0 aromatic heterocycles. The van der Waals surface area contributed by atoms with E-state index in [1.807, 2.05) is 31.2 Å². The van der Waals surface area contributed by atoms with Gasteiger partial charge in [0.15, 0.2) is 11.5 Å². The Morgan fingerprint density at radius 1 is 1.14 bits per heavy atom. The lowest BCUT2D eigenvalue weighted by Crippen LogP contribution is -2.41. The number of hydrogen-bond donors (Lipinski definition) is 1. The first-order valence-electron chi connectivity index (χ1n) is 9.61. The number of fused-ring (bicyclic) bond motifs is 1. The van der Waals surface area contributed by atoms with Gasteiger partial charge in [0.2, 0.25) is 5.91 Å². The van der Waals surface area contributed by atoms with Crippen LogP contribution >= 0.6 is 0 Å². The zero-order valence-electron chi connectivity index (χ0n) is 17.3. The molecule has 1 N–H and O–H groups in total. The minimum Gasteiger partial charge on any atom is -0.493 e. The van der Waals surface area contributed by atoms with E-state index in [1.165, 1.54) is 0 Å². The van der Waals surface area contributed by atoms with Crippen LogP contribution in [-0.4, -0.2) is 25.7 Å². The SMILES string of the molecule is COc1ccc(CCC(=O)N[C@@H]2CC(C)(C)Oc3cc(C)ccc32)cc1OC. The monoisotopic (exact) mass is 383 g/mol. The predicted molar refractivity (Wildman–Crippen MR) is 109 cm³/mol. The summed E-state index contributed by atoms with van der Waals surface area (Å²) >= 11 is 0. The van der Waals surface area contributed by atoms with E-state index in [9.17, 15) is 4.79 Å². The van der Waals surface area contributed by atoms with E-state index >= 15 is 0 Å². The third kappa shape index (κ3) is 4.58. The van der Waals surface area contributed by atoms with Gasteiger partial charge >= 0.3 is 0 Å². The zero-order valence-corrected chi connectivity index (χ0v) is 17.3. The molecule has 5 nitrogen and oxygen atoms in total. The quantitative estimate of drug-likeness (QED) is 0.805. The van der Waals surface area contributed by atoms with Gasteiger partial charge in [-0.05, 0) is 56.5 Å². The predicted octanol–water partition coefficient (Wildman–Crippen LogP) is 4.36. The molecule has 0 aliphatic carbocycles. The van der Waals surface area contributed by atoms with E-state index in [0.29, 0.717) is 24.3 Å². The van der Waals surface area contributed by atoms with Crippen molar-refractivity contribution in [1.29, 1.82) is 0 Å². The first-order valence-corrected chi connectivity index (χ1v) is 9.61. The Bertz CT molecular complexity index is 860. The number of carbonyl (C=O) groups is 1. The molecule has 0 saturated heterocycles. The molecule has 0 saturated carbocycles. The largest absolute Gasteiger partial charge is 0.493 e. The van der Waals surface area contributed by atoms with Crippen molar-refractivity contribution in [3.8, 4) is 17.2 Å². The van der Waals surface area contributed by atoms with E-state index in [-0.39, 0.29) is 17.6 Å². The van der Waals surface area contributed by atoms with Gasteiger partial charge in [-0.15, -0.1) is 0 Å². The summed E-state index contributed by atoms with van der Waals surface area (Å²) in [4.78, 5) is 12.6. The van der Waals surface area contributed by atoms with Gasteiger partial charge in [0.1, 0.15) is 11.4 Å². The lowest BCUT2D eigenvalue weighted by Gasteiger charge is -2.38. The summed E-state index contributed by atoms with van der Waals surface area (Å²) in [7, 11) is 3.22. The second-order valence-corrected chi connectivity index (χ2v) is 7.92. The lowest BCUT2D eigenvalue weighted by molar-refractivity contribution is -0.122. The van der Waals surface area contributed by atoms with Crippen molar-refractivity contribution < 1.29 is 19.0 Å². The normalized spacial score (nSPS) is 17.2. The van der Waals surface area contributed by atoms with Gasteiger partial charge < -0.3 is 19.5 Å². The van der Waals surface area contributed by atoms with Gasteiger partial charge in [-0.1, -0.05) is 18.2 Å². The average molecular weight is 383 g/mol. The molecule has 28 heavy (non-hydrogen) atoms. The summed E-state index contributed by atoms with van der Waals surface area (Å²) in [6, 6.07) is 11.9. The summed E-state index contributed by atoms with van der Waals surface area (Å²) in [5.74, 6) is 2.26. The molecule has 2 aromatic rings. The maximum absolute atomic E-state index is 12.6. The van der Waals surface area contributed by atoms with Gasteiger partial charge in [0.05, 0.1) is 20.3 Å². The fourth-order valence-electron chi connectivity index (χ4n) is 3.65. The van der Waals surface area contributed by atoms with Crippen LogP contribution in [0.1, 0.15) is 49.4 Å². The molecule has 0 unspecified atom stereocenters. The first kappa shape index (κ1) is 20.1. The average Bonchev–Trinajstić information content (AvgIpc) is 2.64. The van der Waals surface area contributed by atoms with Crippen LogP contribution < -0.4 is 19.5 Å². The van der Waals surface area contributed by atoms with E-state index in [0.717, 1.165) is 28.9 Å². The molecule has 1 atom stereocenters. The Balaban J connectivity index is 1.67. The number of hydrogen-bond acceptors (Lipinski definition) is 4.